The molecule has 1 aromatic heterocycles. The highest BCUT2D eigenvalue weighted by molar-refractivity contribution is 7.07. The molecule has 1 heterocycles. The molecule has 1 N–H and O–H groups in total. The number of carbonyl (C=O) groups is 1. The van der Waals surface area contributed by atoms with Gasteiger partial charge in [-0.25, -0.2) is 9.78 Å². The van der Waals surface area contributed by atoms with Crippen molar-refractivity contribution in [2.45, 2.75) is 26.8 Å². The van der Waals surface area contributed by atoms with Crippen LogP contribution in [0, 0.1) is 0 Å². The van der Waals surface area contributed by atoms with Crippen LogP contribution in [0.2, 0.25) is 0 Å². The van der Waals surface area contributed by atoms with Crippen LogP contribution in [-0.4, -0.2) is 38.4 Å². The minimum atomic E-state index is -1.00. The van der Waals surface area contributed by atoms with Gasteiger partial charge in [0.05, 0.1) is 6.54 Å². The Morgan fingerprint density at radius 2 is 2.27 bits per heavy atom. The van der Waals surface area contributed by atoms with Crippen LogP contribution >= 0.6 is 11.5 Å². The quantitative estimate of drug-likeness (QED) is 0.800. The molecule has 0 unspecified atom stereocenters. The van der Waals surface area contributed by atoms with E-state index in [0.717, 1.165) is 31.0 Å². The average Bonchev–Trinajstić information content (AvgIpc) is 2.65. The number of aromatic nitrogens is 2. The highest BCUT2D eigenvalue weighted by Crippen LogP contribution is 2.07. The van der Waals surface area contributed by atoms with E-state index < -0.39 is 5.97 Å². The second-order valence-corrected chi connectivity index (χ2v) is 3.94. The second-order valence-electron chi connectivity index (χ2n) is 3.19. The molecule has 0 aliphatic heterocycles. The monoisotopic (exact) mass is 229 g/mol. The van der Waals surface area contributed by atoms with Gasteiger partial charge in [0.25, 0.3) is 0 Å². The first kappa shape index (κ1) is 12.1. The number of carboxylic acids is 1. The molecule has 0 fully saturated rings. The molecule has 0 saturated carbocycles. The summed E-state index contributed by atoms with van der Waals surface area (Å²) in [6, 6.07) is 0. The van der Waals surface area contributed by atoms with Crippen LogP contribution in [0.3, 0.4) is 0 Å². The maximum Gasteiger partial charge on any atom is 0.366 e. The van der Waals surface area contributed by atoms with Crippen molar-refractivity contribution >= 4 is 17.5 Å². The lowest BCUT2D eigenvalue weighted by molar-refractivity contribution is 0.0696. The third-order valence-corrected chi connectivity index (χ3v) is 2.74. The number of hydrogen-bond donors (Lipinski definition) is 1. The molecule has 1 rings (SSSR count). The zero-order chi connectivity index (χ0) is 11.3. The highest BCUT2D eigenvalue weighted by Gasteiger charge is 2.12. The average molecular weight is 229 g/mol. The van der Waals surface area contributed by atoms with E-state index in [0.29, 0.717) is 12.4 Å². The standard InChI is InChI=1S/C9H15N3O2S/c1-3-5-12(4-2)6-7-10-8(9(13)14)15-11-7/h3-6H2,1-2H3,(H,13,14). The van der Waals surface area contributed by atoms with Crippen LogP contribution in [-0.2, 0) is 6.54 Å². The van der Waals surface area contributed by atoms with Crippen molar-refractivity contribution < 1.29 is 9.90 Å². The molecule has 1 aromatic rings. The summed E-state index contributed by atoms with van der Waals surface area (Å²) >= 11 is 0.941. The SMILES string of the molecule is CCCN(CC)Cc1nsc(C(=O)O)n1. The van der Waals surface area contributed by atoms with E-state index in [1.165, 1.54) is 0 Å². The van der Waals surface area contributed by atoms with Gasteiger partial charge in [0.1, 0.15) is 0 Å². The zero-order valence-corrected chi connectivity index (χ0v) is 9.75. The Balaban J connectivity index is 2.59. The fourth-order valence-electron chi connectivity index (χ4n) is 1.27. The molecule has 0 bridgehead atoms. The van der Waals surface area contributed by atoms with Gasteiger partial charge in [-0.3, -0.25) is 4.90 Å². The summed E-state index contributed by atoms with van der Waals surface area (Å²) in [4.78, 5) is 16.7. The lowest BCUT2D eigenvalue weighted by atomic mass is 10.4. The first-order chi connectivity index (χ1) is 7.17. The van der Waals surface area contributed by atoms with Gasteiger partial charge in [-0.2, -0.15) is 4.37 Å². The number of rotatable bonds is 6. The first-order valence-corrected chi connectivity index (χ1v) is 5.73. The normalized spacial score (nSPS) is 10.9. The number of aromatic carboxylic acids is 1. The van der Waals surface area contributed by atoms with Crippen LogP contribution in [0.4, 0.5) is 0 Å². The van der Waals surface area contributed by atoms with E-state index in [9.17, 15) is 4.79 Å². The van der Waals surface area contributed by atoms with E-state index in [1.807, 2.05) is 0 Å². The fraction of sp³-hybridized carbons (Fsp3) is 0.667. The summed E-state index contributed by atoms with van der Waals surface area (Å²) in [6.07, 6.45) is 1.07. The third-order valence-electron chi connectivity index (χ3n) is 2.00. The maximum atomic E-state index is 10.6. The minimum Gasteiger partial charge on any atom is -0.476 e. The molecule has 0 saturated heterocycles. The van der Waals surface area contributed by atoms with E-state index in [2.05, 4.69) is 28.1 Å². The molecule has 0 aliphatic carbocycles. The van der Waals surface area contributed by atoms with Gasteiger partial charge in [0.2, 0.25) is 5.01 Å². The molecular formula is C9H15N3O2S. The van der Waals surface area contributed by atoms with Crippen LogP contribution < -0.4 is 0 Å². The Morgan fingerprint density at radius 1 is 1.53 bits per heavy atom. The van der Waals surface area contributed by atoms with Gasteiger partial charge in [0.15, 0.2) is 5.82 Å². The smallest absolute Gasteiger partial charge is 0.366 e. The van der Waals surface area contributed by atoms with Crippen molar-refractivity contribution in [2.24, 2.45) is 0 Å². The molecule has 0 aromatic carbocycles. The number of carboxylic acid groups (broad SMARTS) is 1. The topological polar surface area (TPSA) is 66.3 Å². The second kappa shape index (κ2) is 5.77. The Kier molecular flexibility index (Phi) is 4.64. The van der Waals surface area contributed by atoms with Crippen molar-refractivity contribution in [3.05, 3.63) is 10.8 Å². The minimum absolute atomic E-state index is 0.0672. The van der Waals surface area contributed by atoms with E-state index in [4.69, 9.17) is 5.11 Å². The molecule has 0 aliphatic rings. The third kappa shape index (κ3) is 3.56. The Labute approximate surface area is 92.9 Å². The van der Waals surface area contributed by atoms with Crippen molar-refractivity contribution in [3.63, 3.8) is 0 Å². The van der Waals surface area contributed by atoms with Gasteiger partial charge in [-0.1, -0.05) is 13.8 Å². The number of hydrogen-bond acceptors (Lipinski definition) is 5. The summed E-state index contributed by atoms with van der Waals surface area (Å²) in [5.41, 5.74) is 0. The van der Waals surface area contributed by atoms with E-state index >= 15 is 0 Å². The molecular weight excluding hydrogens is 214 g/mol. The largest absolute Gasteiger partial charge is 0.476 e. The molecule has 0 amide bonds. The van der Waals surface area contributed by atoms with Crippen LogP contribution in [0.25, 0.3) is 0 Å². The van der Waals surface area contributed by atoms with Crippen molar-refractivity contribution in [1.82, 2.24) is 14.3 Å². The number of nitrogens with zero attached hydrogens (tertiary/aromatic N) is 3. The predicted molar refractivity (Wildman–Crippen MR) is 58.1 cm³/mol. The van der Waals surface area contributed by atoms with Crippen molar-refractivity contribution in [2.75, 3.05) is 13.1 Å². The maximum absolute atomic E-state index is 10.6. The van der Waals surface area contributed by atoms with Crippen LogP contribution in [0.5, 0.6) is 0 Å². The molecule has 84 valence electrons. The molecule has 0 spiro atoms. The Bertz CT molecular complexity index is 327. The Hall–Kier alpha value is -1.01. The predicted octanol–water partition coefficient (Wildman–Crippen LogP) is 1.47. The molecule has 0 radical (unpaired) electrons. The van der Waals surface area contributed by atoms with Gasteiger partial charge in [-0.15, -0.1) is 0 Å². The molecule has 15 heavy (non-hydrogen) atoms. The summed E-state index contributed by atoms with van der Waals surface area (Å²) in [6.45, 7) is 6.72. The van der Waals surface area contributed by atoms with Gasteiger partial charge in [-0.05, 0) is 31.0 Å². The molecule has 6 heteroatoms. The van der Waals surface area contributed by atoms with Crippen LogP contribution in [0.15, 0.2) is 0 Å². The zero-order valence-electron chi connectivity index (χ0n) is 8.93. The summed E-state index contributed by atoms with van der Waals surface area (Å²) in [7, 11) is 0. The summed E-state index contributed by atoms with van der Waals surface area (Å²) < 4.78 is 4.02. The van der Waals surface area contributed by atoms with Crippen molar-refractivity contribution in [3.8, 4) is 0 Å². The summed E-state index contributed by atoms with van der Waals surface area (Å²) in [5.74, 6) is -0.398. The molecule has 5 nitrogen and oxygen atoms in total. The van der Waals surface area contributed by atoms with Crippen molar-refractivity contribution in [1.29, 1.82) is 0 Å². The van der Waals surface area contributed by atoms with E-state index in [-0.39, 0.29) is 5.01 Å². The van der Waals surface area contributed by atoms with Gasteiger partial charge >= 0.3 is 5.97 Å². The van der Waals surface area contributed by atoms with Gasteiger partial charge < -0.3 is 5.11 Å². The summed E-state index contributed by atoms with van der Waals surface area (Å²) in [5, 5.41) is 8.75. The molecule has 0 atom stereocenters. The van der Waals surface area contributed by atoms with Gasteiger partial charge in [0, 0.05) is 0 Å². The lowest BCUT2D eigenvalue weighted by Gasteiger charge is -2.16. The first-order valence-electron chi connectivity index (χ1n) is 4.95. The fourth-order valence-corrected chi connectivity index (χ4v) is 1.78. The van der Waals surface area contributed by atoms with E-state index in [1.54, 1.807) is 0 Å². The van der Waals surface area contributed by atoms with Crippen LogP contribution in [0.1, 0.15) is 35.9 Å². The lowest BCUT2D eigenvalue weighted by Crippen LogP contribution is -2.24. The highest BCUT2D eigenvalue weighted by atomic mass is 32.1. The Morgan fingerprint density at radius 3 is 2.73 bits per heavy atom.